The van der Waals surface area contributed by atoms with Gasteiger partial charge in [-0.3, -0.25) is 0 Å². The molecule has 15 heavy (non-hydrogen) atoms. The first-order valence-corrected chi connectivity index (χ1v) is 6.78. The third-order valence-corrected chi connectivity index (χ3v) is 3.59. The van der Waals surface area contributed by atoms with E-state index in [0.29, 0.717) is 0 Å². The van der Waals surface area contributed by atoms with Crippen LogP contribution in [0.2, 0.25) is 0 Å². The highest BCUT2D eigenvalue weighted by molar-refractivity contribution is 4.71. The average Bonchev–Trinajstić information content (AvgIpc) is 2.44. The molecule has 1 unspecified atom stereocenters. The van der Waals surface area contributed by atoms with Crippen LogP contribution in [0.25, 0.3) is 0 Å². The first kappa shape index (κ1) is 13.0. The number of hydrogen-bond acceptors (Lipinski definition) is 2. The Labute approximate surface area is 95.2 Å². The molecule has 1 rings (SSSR count). The summed E-state index contributed by atoms with van der Waals surface area (Å²) < 4.78 is 0. The van der Waals surface area contributed by atoms with Crippen molar-refractivity contribution in [3.8, 4) is 0 Å². The van der Waals surface area contributed by atoms with E-state index in [9.17, 15) is 0 Å². The maximum absolute atomic E-state index is 5.49. The predicted octanol–water partition coefficient (Wildman–Crippen LogP) is 2.77. The lowest BCUT2D eigenvalue weighted by Gasteiger charge is -2.26. The fourth-order valence-electron chi connectivity index (χ4n) is 2.48. The van der Waals surface area contributed by atoms with E-state index in [-0.39, 0.29) is 0 Å². The van der Waals surface area contributed by atoms with Crippen LogP contribution in [0.1, 0.15) is 58.3 Å². The molecular formula is C13H28N2. The molecule has 2 N–H and O–H groups in total. The van der Waals surface area contributed by atoms with Crippen molar-refractivity contribution in [1.29, 1.82) is 0 Å². The van der Waals surface area contributed by atoms with E-state index in [0.717, 1.165) is 12.6 Å². The second kappa shape index (κ2) is 8.12. The summed E-state index contributed by atoms with van der Waals surface area (Å²) in [6.45, 7) is 5.90. The Kier molecular flexibility index (Phi) is 7.03. The Morgan fingerprint density at radius 3 is 2.67 bits per heavy atom. The van der Waals surface area contributed by atoms with Gasteiger partial charge in [0.1, 0.15) is 0 Å². The van der Waals surface area contributed by atoms with Crippen molar-refractivity contribution in [2.45, 2.75) is 64.3 Å². The second-order valence-corrected chi connectivity index (χ2v) is 4.94. The third kappa shape index (κ3) is 5.53. The van der Waals surface area contributed by atoms with Crippen LogP contribution in [-0.4, -0.2) is 30.6 Å². The van der Waals surface area contributed by atoms with Crippen LogP contribution in [-0.2, 0) is 0 Å². The number of unbranched alkanes of at least 4 members (excludes halogenated alkanes) is 3. The highest BCUT2D eigenvalue weighted by Gasteiger charge is 2.15. The molecule has 1 aliphatic rings. The standard InChI is InChI=1S/C13H28N2/c1-13-9-5-4-8-12-15(13)11-7-3-2-6-10-14/h13H,2-12,14H2,1H3. The summed E-state index contributed by atoms with van der Waals surface area (Å²) in [4.78, 5) is 2.69. The summed E-state index contributed by atoms with van der Waals surface area (Å²) in [6.07, 6.45) is 10.9. The zero-order valence-corrected chi connectivity index (χ0v) is 10.4. The second-order valence-electron chi connectivity index (χ2n) is 4.94. The lowest BCUT2D eigenvalue weighted by molar-refractivity contribution is 0.209. The van der Waals surface area contributed by atoms with Crippen molar-refractivity contribution in [2.75, 3.05) is 19.6 Å². The van der Waals surface area contributed by atoms with Gasteiger partial charge in [0, 0.05) is 6.04 Å². The third-order valence-electron chi connectivity index (χ3n) is 3.59. The average molecular weight is 212 g/mol. The fourth-order valence-corrected chi connectivity index (χ4v) is 2.48. The lowest BCUT2D eigenvalue weighted by atomic mass is 10.1. The van der Waals surface area contributed by atoms with E-state index in [1.165, 1.54) is 64.5 Å². The quantitative estimate of drug-likeness (QED) is 0.686. The lowest BCUT2D eigenvalue weighted by Crippen LogP contribution is -2.33. The van der Waals surface area contributed by atoms with Crippen LogP contribution in [0.4, 0.5) is 0 Å². The van der Waals surface area contributed by atoms with Gasteiger partial charge in [-0.1, -0.05) is 25.7 Å². The molecule has 2 nitrogen and oxygen atoms in total. The molecule has 0 spiro atoms. The molecule has 1 fully saturated rings. The SMILES string of the molecule is CC1CCCCCN1CCCCCCN. The number of nitrogens with zero attached hydrogens (tertiary/aromatic N) is 1. The van der Waals surface area contributed by atoms with Gasteiger partial charge in [0.05, 0.1) is 0 Å². The van der Waals surface area contributed by atoms with Gasteiger partial charge in [0.2, 0.25) is 0 Å². The molecule has 0 aliphatic carbocycles. The van der Waals surface area contributed by atoms with Crippen LogP contribution in [0, 0.1) is 0 Å². The van der Waals surface area contributed by atoms with Crippen LogP contribution in [0.5, 0.6) is 0 Å². The normalized spacial score (nSPS) is 24.0. The van der Waals surface area contributed by atoms with Gasteiger partial charge >= 0.3 is 0 Å². The minimum atomic E-state index is 0.821. The van der Waals surface area contributed by atoms with Gasteiger partial charge in [-0.2, -0.15) is 0 Å². The summed E-state index contributed by atoms with van der Waals surface area (Å²) in [7, 11) is 0. The van der Waals surface area contributed by atoms with Crippen LogP contribution in [0.15, 0.2) is 0 Å². The largest absolute Gasteiger partial charge is 0.330 e. The fraction of sp³-hybridized carbons (Fsp3) is 1.00. The Hall–Kier alpha value is -0.0800. The van der Waals surface area contributed by atoms with Gasteiger partial charge in [-0.05, 0) is 52.2 Å². The monoisotopic (exact) mass is 212 g/mol. The Morgan fingerprint density at radius 1 is 1.07 bits per heavy atom. The highest BCUT2D eigenvalue weighted by atomic mass is 15.1. The minimum Gasteiger partial charge on any atom is -0.330 e. The molecule has 90 valence electrons. The molecule has 0 aromatic heterocycles. The van der Waals surface area contributed by atoms with E-state index < -0.39 is 0 Å². The van der Waals surface area contributed by atoms with E-state index >= 15 is 0 Å². The Bertz CT molecular complexity index is 147. The zero-order chi connectivity index (χ0) is 10.9. The zero-order valence-electron chi connectivity index (χ0n) is 10.4. The summed E-state index contributed by atoms with van der Waals surface area (Å²) >= 11 is 0. The summed E-state index contributed by atoms with van der Waals surface area (Å²) in [6, 6.07) is 0.821. The van der Waals surface area contributed by atoms with Crippen molar-refractivity contribution in [1.82, 2.24) is 4.90 Å². The van der Waals surface area contributed by atoms with E-state index in [4.69, 9.17) is 5.73 Å². The number of likely N-dealkylation sites (tertiary alicyclic amines) is 1. The molecule has 0 bridgehead atoms. The summed E-state index contributed by atoms with van der Waals surface area (Å²) in [5, 5.41) is 0. The molecule has 1 aliphatic heterocycles. The van der Waals surface area contributed by atoms with Gasteiger partial charge in [0.25, 0.3) is 0 Å². The maximum Gasteiger partial charge on any atom is 0.00669 e. The smallest absolute Gasteiger partial charge is 0.00669 e. The molecular weight excluding hydrogens is 184 g/mol. The molecule has 0 aromatic rings. The maximum atomic E-state index is 5.49. The molecule has 0 amide bonds. The van der Waals surface area contributed by atoms with Crippen molar-refractivity contribution in [2.24, 2.45) is 5.73 Å². The Balaban J connectivity index is 2.07. The predicted molar refractivity (Wildman–Crippen MR) is 67.0 cm³/mol. The highest BCUT2D eigenvalue weighted by Crippen LogP contribution is 2.16. The molecule has 0 radical (unpaired) electrons. The summed E-state index contributed by atoms with van der Waals surface area (Å²) in [5.41, 5.74) is 5.49. The van der Waals surface area contributed by atoms with Crippen molar-refractivity contribution < 1.29 is 0 Å². The molecule has 0 saturated carbocycles. The van der Waals surface area contributed by atoms with Crippen LogP contribution >= 0.6 is 0 Å². The first-order valence-electron chi connectivity index (χ1n) is 6.78. The molecule has 1 heterocycles. The van der Waals surface area contributed by atoms with E-state index in [2.05, 4.69) is 11.8 Å². The minimum absolute atomic E-state index is 0.821. The Morgan fingerprint density at radius 2 is 1.87 bits per heavy atom. The van der Waals surface area contributed by atoms with E-state index in [1.54, 1.807) is 0 Å². The van der Waals surface area contributed by atoms with Crippen molar-refractivity contribution in [3.05, 3.63) is 0 Å². The molecule has 1 atom stereocenters. The van der Waals surface area contributed by atoms with Gasteiger partial charge < -0.3 is 10.6 Å². The molecule has 2 heteroatoms. The number of hydrogen-bond donors (Lipinski definition) is 1. The summed E-state index contributed by atoms with van der Waals surface area (Å²) in [5.74, 6) is 0. The number of nitrogens with two attached hydrogens (primary N) is 1. The first-order chi connectivity index (χ1) is 7.34. The molecule has 0 aromatic carbocycles. The molecule has 1 saturated heterocycles. The van der Waals surface area contributed by atoms with Crippen molar-refractivity contribution in [3.63, 3.8) is 0 Å². The number of rotatable bonds is 6. The van der Waals surface area contributed by atoms with Gasteiger partial charge in [0.15, 0.2) is 0 Å². The van der Waals surface area contributed by atoms with Gasteiger partial charge in [-0.25, -0.2) is 0 Å². The van der Waals surface area contributed by atoms with Crippen LogP contribution in [0.3, 0.4) is 0 Å². The van der Waals surface area contributed by atoms with Gasteiger partial charge in [-0.15, -0.1) is 0 Å². The van der Waals surface area contributed by atoms with E-state index in [1.807, 2.05) is 0 Å². The van der Waals surface area contributed by atoms with Crippen molar-refractivity contribution >= 4 is 0 Å². The van der Waals surface area contributed by atoms with Crippen LogP contribution < -0.4 is 5.73 Å². The topological polar surface area (TPSA) is 29.3 Å².